The topological polar surface area (TPSA) is 95.5 Å². The van der Waals surface area contributed by atoms with Crippen LogP contribution >= 0.6 is 22.9 Å². The van der Waals surface area contributed by atoms with E-state index >= 15 is 0 Å². The highest BCUT2D eigenvalue weighted by Gasteiger charge is 2.31. The van der Waals surface area contributed by atoms with Gasteiger partial charge in [0.15, 0.2) is 10.2 Å². The number of amides is 1. The third kappa shape index (κ3) is 6.48. The average Bonchev–Trinajstić information content (AvgIpc) is 3.04. The summed E-state index contributed by atoms with van der Waals surface area (Å²) >= 11 is 7.15. The molecule has 158 valence electrons. The minimum atomic E-state index is -0.381. The summed E-state index contributed by atoms with van der Waals surface area (Å²) in [6, 6.07) is -0.0121. The zero-order chi connectivity index (χ0) is 20.8. The molecule has 1 atom stereocenters. The van der Waals surface area contributed by atoms with E-state index in [0.29, 0.717) is 24.1 Å². The lowest BCUT2D eigenvalue weighted by atomic mass is 9.83. The Morgan fingerprint density at radius 3 is 2.72 bits per heavy atom. The smallest absolute Gasteiger partial charge is 0.240 e. The fraction of sp³-hybridized carbons (Fsp3) is 0.556. The van der Waals surface area contributed by atoms with Gasteiger partial charge in [-0.2, -0.15) is 4.39 Å². The highest BCUT2D eigenvalue weighted by molar-refractivity contribution is 7.09. The average molecular weight is 445 g/mol. The maximum Gasteiger partial charge on any atom is 0.240 e. The van der Waals surface area contributed by atoms with Crippen molar-refractivity contribution in [2.45, 2.75) is 45.4 Å². The van der Waals surface area contributed by atoms with Crippen LogP contribution in [0, 0.1) is 11.0 Å². The minimum absolute atomic E-state index is 0.0121. The molecular weight excluding hydrogens is 423 g/mol. The fourth-order valence-corrected chi connectivity index (χ4v) is 3.60. The molecule has 1 aliphatic rings. The van der Waals surface area contributed by atoms with Gasteiger partial charge in [-0.15, -0.1) is 0 Å². The van der Waals surface area contributed by atoms with E-state index in [4.69, 9.17) is 25.8 Å². The quantitative estimate of drug-likeness (QED) is 0.601. The van der Waals surface area contributed by atoms with Gasteiger partial charge in [0.25, 0.3) is 0 Å². The minimum Gasteiger partial charge on any atom is -0.476 e. The van der Waals surface area contributed by atoms with Crippen LogP contribution in [0.2, 0.25) is 5.02 Å². The molecule has 1 fully saturated rings. The Labute approximate surface area is 176 Å². The van der Waals surface area contributed by atoms with E-state index in [0.717, 1.165) is 30.4 Å². The molecule has 0 aromatic carbocycles. The number of carbonyl (C=O) groups is 1. The molecule has 0 aliphatic heterocycles. The fourth-order valence-electron chi connectivity index (χ4n) is 2.84. The largest absolute Gasteiger partial charge is 0.476 e. The number of hydrogen-bond acceptors (Lipinski definition) is 8. The van der Waals surface area contributed by atoms with Crippen LogP contribution in [0.25, 0.3) is 0 Å². The van der Waals surface area contributed by atoms with Gasteiger partial charge in [-0.05, 0) is 25.7 Å². The van der Waals surface area contributed by atoms with Crippen LogP contribution in [0.1, 0.15) is 31.7 Å². The van der Waals surface area contributed by atoms with Gasteiger partial charge in [-0.1, -0.05) is 22.9 Å². The third-order valence-corrected chi connectivity index (χ3v) is 5.35. The normalized spacial score (nSPS) is 19.3. The van der Waals surface area contributed by atoms with E-state index in [1.807, 2.05) is 6.92 Å². The zero-order valence-electron chi connectivity index (χ0n) is 16.1. The van der Waals surface area contributed by atoms with Crippen molar-refractivity contribution >= 4 is 28.8 Å². The van der Waals surface area contributed by atoms with Gasteiger partial charge in [0.2, 0.25) is 17.7 Å². The van der Waals surface area contributed by atoms with Gasteiger partial charge in [-0.25, -0.2) is 15.0 Å². The molecule has 0 radical (unpaired) electrons. The van der Waals surface area contributed by atoms with E-state index in [1.165, 1.54) is 13.3 Å². The van der Waals surface area contributed by atoms with Crippen LogP contribution in [-0.4, -0.2) is 46.2 Å². The predicted molar refractivity (Wildman–Crippen MR) is 105 cm³/mol. The molecule has 0 unspecified atom stereocenters. The van der Waals surface area contributed by atoms with Crippen molar-refractivity contribution in [3.05, 3.63) is 27.7 Å². The van der Waals surface area contributed by atoms with Gasteiger partial charge in [-0.3, -0.25) is 4.79 Å². The maximum absolute atomic E-state index is 13.0. The molecule has 1 aliphatic carbocycles. The second-order valence-electron chi connectivity index (χ2n) is 6.85. The Kier molecular flexibility index (Phi) is 7.57. The van der Waals surface area contributed by atoms with Crippen LogP contribution in [0.3, 0.4) is 0 Å². The van der Waals surface area contributed by atoms with Crippen LogP contribution in [0.4, 0.5) is 4.39 Å². The molecule has 8 nitrogen and oxygen atoms in total. The standard InChI is InChI=1S/C18H22ClFN4O4S/c1-10(24-11(2)25)6-26-13-3-12(4-13)7-27-17-16(19)18(23-9-22-17)28-8-15-21-5-14(20)29-15/h5,9-10,12-13H,3-4,6-8H2,1-2H3,(H,24,25)/t10-,12?,13?/m0/s1. The van der Waals surface area contributed by atoms with Crippen molar-refractivity contribution in [2.75, 3.05) is 13.2 Å². The molecule has 1 saturated carbocycles. The van der Waals surface area contributed by atoms with Gasteiger partial charge in [0, 0.05) is 13.0 Å². The predicted octanol–water partition coefficient (Wildman–Crippen LogP) is 3.00. The first kappa shape index (κ1) is 21.7. The summed E-state index contributed by atoms with van der Waals surface area (Å²) in [6.07, 6.45) is 4.34. The summed E-state index contributed by atoms with van der Waals surface area (Å²) in [5, 5.41) is 3.05. The second kappa shape index (κ2) is 10.1. The first-order valence-electron chi connectivity index (χ1n) is 9.15. The number of aromatic nitrogens is 3. The molecule has 3 rings (SSSR count). The first-order valence-corrected chi connectivity index (χ1v) is 10.3. The van der Waals surface area contributed by atoms with E-state index in [1.54, 1.807) is 0 Å². The number of ether oxygens (including phenoxy) is 3. The third-order valence-electron chi connectivity index (χ3n) is 4.26. The second-order valence-corrected chi connectivity index (χ2v) is 8.29. The summed E-state index contributed by atoms with van der Waals surface area (Å²) in [7, 11) is 0. The Bertz CT molecular complexity index is 834. The number of hydrogen-bond donors (Lipinski definition) is 1. The molecule has 2 aromatic heterocycles. The van der Waals surface area contributed by atoms with Gasteiger partial charge >= 0.3 is 0 Å². The van der Waals surface area contributed by atoms with Crippen LogP contribution in [0.15, 0.2) is 12.5 Å². The van der Waals surface area contributed by atoms with E-state index < -0.39 is 0 Å². The van der Waals surface area contributed by atoms with E-state index in [2.05, 4.69) is 20.3 Å². The molecule has 11 heteroatoms. The summed E-state index contributed by atoms with van der Waals surface area (Å²) in [5.41, 5.74) is 0. The summed E-state index contributed by atoms with van der Waals surface area (Å²) in [5.74, 6) is 0.675. The van der Waals surface area contributed by atoms with Gasteiger partial charge in [0.05, 0.1) is 25.5 Å². The van der Waals surface area contributed by atoms with Crippen molar-refractivity contribution < 1.29 is 23.4 Å². The van der Waals surface area contributed by atoms with Crippen molar-refractivity contribution in [1.29, 1.82) is 0 Å². The number of nitrogens with zero attached hydrogens (tertiary/aromatic N) is 3. The molecule has 1 amide bonds. The van der Waals surface area contributed by atoms with Crippen LogP contribution in [0.5, 0.6) is 11.8 Å². The Morgan fingerprint density at radius 1 is 1.34 bits per heavy atom. The molecular formula is C18H22ClFN4O4S. The summed E-state index contributed by atoms with van der Waals surface area (Å²) in [6.45, 7) is 4.39. The number of thiazole rings is 1. The van der Waals surface area contributed by atoms with Crippen molar-refractivity contribution in [3.8, 4) is 11.8 Å². The molecule has 29 heavy (non-hydrogen) atoms. The lowest BCUT2D eigenvalue weighted by molar-refractivity contribution is -0.120. The summed E-state index contributed by atoms with van der Waals surface area (Å²) < 4.78 is 30.0. The number of halogens is 2. The lowest BCUT2D eigenvalue weighted by Crippen LogP contribution is -2.40. The Hall–Kier alpha value is -2.04. The van der Waals surface area contributed by atoms with Crippen molar-refractivity contribution in [3.63, 3.8) is 0 Å². The van der Waals surface area contributed by atoms with E-state index in [-0.39, 0.29) is 46.6 Å². The van der Waals surface area contributed by atoms with Crippen molar-refractivity contribution in [2.24, 2.45) is 5.92 Å². The van der Waals surface area contributed by atoms with E-state index in [9.17, 15) is 9.18 Å². The van der Waals surface area contributed by atoms with Crippen LogP contribution in [-0.2, 0) is 16.1 Å². The summed E-state index contributed by atoms with van der Waals surface area (Å²) in [4.78, 5) is 22.9. The van der Waals surface area contributed by atoms with Crippen LogP contribution < -0.4 is 14.8 Å². The molecule has 1 N–H and O–H groups in total. The Balaban J connectivity index is 1.39. The lowest BCUT2D eigenvalue weighted by Gasteiger charge is -2.35. The molecule has 0 saturated heterocycles. The zero-order valence-corrected chi connectivity index (χ0v) is 17.6. The first-order chi connectivity index (χ1) is 13.9. The molecule has 0 bridgehead atoms. The number of carbonyl (C=O) groups excluding carboxylic acids is 1. The molecule has 2 aromatic rings. The van der Waals surface area contributed by atoms with Gasteiger partial charge in [0.1, 0.15) is 17.9 Å². The van der Waals surface area contributed by atoms with Crippen molar-refractivity contribution in [1.82, 2.24) is 20.3 Å². The highest BCUT2D eigenvalue weighted by atomic mass is 35.5. The monoisotopic (exact) mass is 444 g/mol. The Morgan fingerprint density at radius 2 is 2.07 bits per heavy atom. The SMILES string of the molecule is CC(=O)N[C@@H](C)COC1CC(COc2ncnc(OCc3ncc(F)s3)c2Cl)C1. The number of nitrogens with one attached hydrogen (secondary N) is 1. The molecule has 2 heterocycles. The van der Waals surface area contributed by atoms with Gasteiger partial charge < -0.3 is 19.5 Å². The molecule has 0 spiro atoms. The maximum atomic E-state index is 13.0. The highest BCUT2D eigenvalue weighted by Crippen LogP contribution is 2.34. The number of rotatable bonds is 10.